The van der Waals surface area contributed by atoms with Crippen LogP contribution in [0, 0.1) is 6.92 Å². The number of amides is 1. The molecule has 3 rings (SSSR count). The summed E-state index contributed by atoms with van der Waals surface area (Å²) < 4.78 is 5.83. The third-order valence-electron chi connectivity index (χ3n) is 4.81. The van der Waals surface area contributed by atoms with Crippen LogP contribution in [-0.2, 0) is 4.79 Å². The minimum absolute atomic E-state index is 0.0657. The first kappa shape index (κ1) is 19.2. The summed E-state index contributed by atoms with van der Waals surface area (Å²) in [6.07, 6.45) is 3.88. The Labute approximate surface area is 162 Å². The number of benzene rings is 2. The number of hydrogen-bond acceptors (Lipinski definition) is 3. The van der Waals surface area contributed by atoms with Gasteiger partial charge in [-0.1, -0.05) is 54.6 Å². The van der Waals surface area contributed by atoms with E-state index in [0.717, 1.165) is 44.0 Å². The third-order valence-corrected chi connectivity index (χ3v) is 4.81. The molecule has 1 heterocycles. The highest BCUT2D eigenvalue weighted by Crippen LogP contribution is 2.15. The van der Waals surface area contributed by atoms with Crippen molar-refractivity contribution in [1.82, 2.24) is 9.80 Å². The first-order chi connectivity index (χ1) is 13.1. The number of rotatable bonds is 6. The molecule has 1 aliphatic rings. The highest BCUT2D eigenvalue weighted by Gasteiger charge is 2.25. The molecular weight excluding hydrogens is 336 g/mol. The number of hydrogen-bond donors (Lipinski definition) is 0. The molecule has 0 unspecified atom stereocenters. The Balaban J connectivity index is 1.44. The van der Waals surface area contributed by atoms with E-state index in [4.69, 9.17) is 4.74 Å². The van der Waals surface area contributed by atoms with Gasteiger partial charge in [0, 0.05) is 32.7 Å². The molecule has 0 N–H and O–H groups in total. The maximum Gasteiger partial charge on any atom is 0.263 e. The van der Waals surface area contributed by atoms with Gasteiger partial charge in [0.05, 0.1) is 0 Å². The first-order valence-corrected chi connectivity index (χ1v) is 9.58. The molecule has 1 aliphatic heterocycles. The Bertz CT molecular complexity index is 765. The van der Waals surface area contributed by atoms with E-state index in [0.29, 0.717) is 0 Å². The summed E-state index contributed by atoms with van der Waals surface area (Å²) in [5.74, 6) is 0.816. The van der Waals surface area contributed by atoms with E-state index in [9.17, 15) is 4.79 Å². The number of carbonyl (C=O) groups excluding carboxylic acids is 1. The molecule has 0 aromatic heterocycles. The summed E-state index contributed by atoms with van der Waals surface area (Å²) >= 11 is 0. The topological polar surface area (TPSA) is 32.8 Å². The van der Waals surface area contributed by atoms with Gasteiger partial charge in [-0.15, -0.1) is 0 Å². The molecule has 27 heavy (non-hydrogen) atoms. The van der Waals surface area contributed by atoms with Gasteiger partial charge in [-0.25, -0.2) is 0 Å². The molecule has 1 fully saturated rings. The molecular formula is C23H28N2O2. The quantitative estimate of drug-likeness (QED) is 0.785. The Morgan fingerprint density at radius 1 is 1.07 bits per heavy atom. The molecule has 0 spiro atoms. The van der Waals surface area contributed by atoms with Crippen LogP contribution >= 0.6 is 0 Å². The fraction of sp³-hybridized carbons (Fsp3) is 0.348. The van der Waals surface area contributed by atoms with E-state index in [1.54, 1.807) is 0 Å². The van der Waals surface area contributed by atoms with E-state index < -0.39 is 6.10 Å². The predicted octanol–water partition coefficient (Wildman–Crippen LogP) is 3.62. The first-order valence-electron chi connectivity index (χ1n) is 9.58. The van der Waals surface area contributed by atoms with Crippen LogP contribution in [0.4, 0.5) is 0 Å². The molecule has 0 radical (unpaired) electrons. The normalized spacial score (nSPS) is 16.4. The van der Waals surface area contributed by atoms with E-state index in [-0.39, 0.29) is 5.91 Å². The predicted molar refractivity (Wildman–Crippen MR) is 110 cm³/mol. The number of piperazine rings is 1. The Hall–Kier alpha value is -2.59. The van der Waals surface area contributed by atoms with Crippen molar-refractivity contribution in [3.05, 3.63) is 71.8 Å². The Morgan fingerprint density at radius 3 is 2.52 bits per heavy atom. The molecule has 4 heteroatoms. The average molecular weight is 364 g/mol. The van der Waals surface area contributed by atoms with Crippen molar-refractivity contribution in [2.75, 3.05) is 32.7 Å². The third kappa shape index (κ3) is 5.69. The van der Waals surface area contributed by atoms with Gasteiger partial charge in [-0.3, -0.25) is 9.69 Å². The summed E-state index contributed by atoms with van der Waals surface area (Å²) in [6.45, 7) is 8.04. The van der Waals surface area contributed by atoms with Crippen molar-refractivity contribution in [2.45, 2.75) is 20.0 Å². The number of carbonyl (C=O) groups is 1. The zero-order chi connectivity index (χ0) is 19.1. The summed E-state index contributed by atoms with van der Waals surface area (Å²) in [5, 5.41) is 0. The second kappa shape index (κ2) is 9.38. The fourth-order valence-corrected chi connectivity index (χ4v) is 3.25. The lowest BCUT2D eigenvalue weighted by molar-refractivity contribution is -0.139. The van der Waals surface area contributed by atoms with Crippen molar-refractivity contribution in [3.8, 4) is 5.75 Å². The summed E-state index contributed by atoms with van der Waals surface area (Å²) in [5.41, 5.74) is 2.35. The van der Waals surface area contributed by atoms with Gasteiger partial charge in [0.2, 0.25) is 0 Å². The number of nitrogens with zero attached hydrogens (tertiary/aromatic N) is 2. The molecule has 142 valence electrons. The monoisotopic (exact) mass is 364 g/mol. The second-order valence-electron chi connectivity index (χ2n) is 7.02. The smallest absolute Gasteiger partial charge is 0.263 e. The van der Waals surface area contributed by atoms with Gasteiger partial charge >= 0.3 is 0 Å². The van der Waals surface area contributed by atoms with Gasteiger partial charge in [-0.2, -0.15) is 0 Å². The SMILES string of the molecule is Cc1cccc(O[C@H](C)C(=O)N2CCN(C/C=C/c3ccccc3)CC2)c1. The highest BCUT2D eigenvalue weighted by molar-refractivity contribution is 5.81. The van der Waals surface area contributed by atoms with Crippen molar-refractivity contribution in [2.24, 2.45) is 0 Å². The molecule has 0 bridgehead atoms. The van der Waals surface area contributed by atoms with E-state index in [1.807, 2.05) is 61.2 Å². The molecule has 4 nitrogen and oxygen atoms in total. The van der Waals surface area contributed by atoms with E-state index >= 15 is 0 Å². The van der Waals surface area contributed by atoms with Gasteiger partial charge < -0.3 is 9.64 Å². The van der Waals surface area contributed by atoms with Crippen LogP contribution in [0.3, 0.4) is 0 Å². The summed E-state index contributed by atoms with van der Waals surface area (Å²) in [7, 11) is 0. The van der Waals surface area contributed by atoms with Gasteiger partial charge in [0.25, 0.3) is 5.91 Å². The minimum atomic E-state index is -0.462. The Morgan fingerprint density at radius 2 is 1.81 bits per heavy atom. The van der Waals surface area contributed by atoms with Crippen LogP contribution < -0.4 is 4.74 Å². The van der Waals surface area contributed by atoms with Gasteiger partial charge in [-0.05, 0) is 37.1 Å². The Kier molecular flexibility index (Phi) is 6.66. The van der Waals surface area contributed by atoms with Crippen LogP contribution in [0.1, 0.15) is 18.1 Å². The lowest BCUT2D eigenvalue weighted by Gasteiger charge is -2.35. The minimum Gasteiger partial charge on any atom is -0.481 e. The van der Waals surface area contributed by atoms with Crippen molar-refractivity contribution in [1.29, 1.82) is 0 Å². The van der Waals surface area contributed by atoms with Crippen molar-refractivity contribution >= 4 is 12.0 Å². The molecule has 1 saturated heterocycles. The largest absolute Gasteiger partial charge is 0.481 e. The number of aryl methyl sites for hydroxylation is 1. The number of ether oxygens (including phenoxy) is 1. The maximum absolute atomic E-state index is 12.7. The van der Waals surface area contributed by atoms with E-state index in [1.165, 1.54) is 5.56 Å². The lowest BCUT2D eigenvalue weighted by Crippen LogP contribution is -2.51. The van der Waals surface area contributed by atoms with Gasteiger partial charge in [0.15, 0.2) is 6.10 Å². The van der Waals surface area contributed by atoms with Crippen LogP contribution in [0.2, 0.25) is 0 Å². The zero-order valence-electron chi connectivity index (χ0n) is 16.2. The van der Waals surface area contributed by atoms with E-state index in [2.05, 4.69) is 29.2 Å². The second-order valence-corrected chi connectivity index (χ2v) is 7.02. The fourth-order valence-electron chi connectivity index (χ4n) is 3.25. The van der Waals surface area contributed by atoms with Crippen LogP contribution in [0.15, 0.2) is 60.7 Å². The molecule has 1 amide bonds. The lowest BCUT2D eigenvalue weighted by atomic mass is 10.2. The standard InChI is InChI=1S/C23H28N2O2/c1-19-8-6-12-22(18-19)27-20(2)23(26)25-16-14-24(15-17-25)13-7-11-21-9-4-3-5-10-21/h3-12,18,20H,13-17H2,1-2H3/b11-7+/t20-/m1/s1. The van der Waals surface area contributed by atoms with Crippen molar-refractivity contribution in [3.63, 3.8) is 0 Å². The molecule has 0 saturated carbocycles. The summed E-state index contributed by atoms with van der Waals surface area (Å²) in [6, 6.07) is 18.1. The van der Waals surface area contributed by atoms with Crippen LogP contribution in [-0.4, -0.2) is 54.5 Å². The highest BCUT2D eigenvalue weighted by atomic mass is 16.5. The summed E-state index contributed by atoms with van der Waals surface area (Å²) in [4.78, 5) is 16.9. The zero-order valence-corrected chi connectivity index (χ0v) is 16.2. The maximum atomic E-state index is 12.7. The molecule has 0 aliphatic carbocycles. The van der Waals surface area contributed by atoms with Gasteiger partial charge in [0.1, 0.15) is 5.75 Å². The van der Waals surface area contributed by atoms with Crippen LogP contribution in [0.5, 0.6) is 5.75 Å². The van der Waals surface area contributed by atoms with Crippen molar-refractivity contribution < 1.29 is 9.53 Å². The molecule has 2 aromatic carbocycles. The average Bonchev–Trinajstić information content (AvgIpc) is 2.69. The van der Waals surface area contributed by atoms with Crippen LogP contribution in [0.25, 0.3) is 6.08 Å². The molecule has 2 aromatic rings. The molecule has 1 atom stereocenters.